The molecule has 0 spiro atoms. The number of amides is 2. The van der Waals surface area contributed by atoms with Crippen LogP contribution in [-0.4, -0.2) is 38.2 Å². The molecule has 0 aliphatic rings. The molecule has 1 N–H and O–H groups in total. The number of nitrogens with zero attached hydrogens (tertiary/aromatic N) is 1. The van der Waals surface area contributed by atoms with Crippen molar-refractivity contribution in [2.75, 3.05) is 27.3 Å². The van der Waals surface area contributed by atoms with Gasteiger partial charge in [-0.2, -0.15) is 0 Å². The summed E-state index contributed by atoms with van der Waals surface area (Å²) in [6, 6.07) is 13.7. The van der Waals surface area contributed by atoms with Crippen molar-refractivity contribution in [2.24, 2.45) is 0 Å². The molecule has 25 heavy (non-hydrogen) atoms. The van der Waals surface area contributed by atoms with Crippen LogP contribution in [0.25, 0.3) is 0 Å². The Morgan fingerprint density at radius 1 is 1.16 bits per heavy atom. The van der Waals surface area contributed by atoms with Crippen LogP contribution in [-0.2, 0) is 6.54 Å². The maximum absolute atomic E-state index is 13.4. The largest absolute Gasteiger partial charge is 0.497 e. The van der Waals surface area contributed by atoms with Crippen molar-refractivity contribution >= 4 is 6.03 Å². The Labute approximate surface area is 147 Å². The summed E-state index contributed by atoms with van der Waals surface area (Å²) in [5, 5.41) is 2.81. The topological polar surface area (TPSA) is 50.8 Å². The van der Waals surface area contributed by atoms with Crippen LogP contribution in [0.2, 0.25) is 0 Å². The summed E-state index contributed by atoms with van der Waals surface area (Å²) in [5.41, 5.74) is 1.02. The summed E-state index contributed by atoms with van der Waals surface area (Å²) in [6.07, 6.45) is 0.594. The molecule has 0 aromatic heterocycles. The lowest BCUT2D eigenvalue weighted by Gasteiger charge is -2.18. The van der Waals surface area contributed by atoms with Gasteiger partial charge in [-0.1, -0.05) is 24.3 Å². The number of urea groups is 1. The zero-order valence-corrected chi connectivity index (χ0v) is 14.5. The van der Waals surface area contributed by atoms with Crippen molar-refractivity contribution in [1.82, 2.24) is 10.2 Å². The van der Waals surface area contributed by atoms with Crippen molar-refractivity contribution in [3.63, 3.8) is 0 Å². The van der Waals surface area contributed by atoms with E-state index in [0.717, 1.165) is 11.3 Å². The second-order valence-corrected chi connectivity index (χ2v) is 5.57. The lowest BCUT2D eigenvalue weighted by molar-refractivity contribution is 0.205. The highest BCUT2D eigenvalue weighted by atomic mass is 19.1. The minimum Gasteiger partial charge on any atom is -0.497 e. The van der Waals surface area contributed by atoms with Crippen LogP contribution in [0.3, 0.4) is 0 Å². The van der Waals surface area contributed by atoms with Crippen molar-refractivity contribution in [2.45, 2.75) is 13.0 Å². The van der Waals surface area contributed by atoms with Gasteiger partial charge in [0.2, 0.25) is 0 Å². The average Bonchev–Trinajstić information content (AvgIpc) is 2.63. The Bertz CT molecular complexity index is 677. The van der Waals surface area contributed by atoms with Crippen LogP contribution in [0.4, 0.5) is 9.18 Å². The second-order valence-electron chi connectivity index (χ2n) is 5.57. The molecule has 2 aromatic carbocycles. The lowest BCUT2D eigenvalue weighted by atomic mass is 10.2. The molecule has 6 heteroatoms. The number of methoxy groups -OCH3 is 1. The molecule has 0 aliphatic heterocycles. The van der Waals surface area contributed by atoms with E-state index in [-0.39, 0.29) is 17.6 Å². The van der Waals surface area contributed by atoms with Gasteiger partial charge in [-0.3, -0.25) is 0 Å². The molecule has 0 aliphatic carbocycles. The fourth-order valence-electron chi connectivity index (χ4n) is 2.22. The number of ether oxygens (including phenoxy) is 2. The molecular weight excluding hydrogens is 323 g/mol. The van der Waals surface area contributed by atoms with E-state index >= 15 is 0 Å². The molecule has 0 saturated heterocycles. The Kier molecular flexibility index (Phi) is 7.07. The molecule has 0 heterocycles. The highest BCUT2D eigenvalue weighted by Crippen LogP contribution is 2.15. The van der Waals surface area contributed by atoms with Gasteiger partial charge in [0.15, 0.2) is 11.6 Å². The predicted octanol–water partition coefficient (Wildman–Crippen LogP) is 3.44. The average molecular weight is 346 g/mol. The SMILES string of the molecule is COc1ccc(CN(C)C(=O)NCCCOc2ccccc2F)cc1. The maximum Gasteiger partial charge on any atom is 0.317 e. The second kappa shape index (κ2) is 9.52. The van der Waals surface area contributed by atoms with E-state index in [1.165, 1.54) is 6.07 Å². The molecule has 2 amide bonds. The fraction of sp³-hybridized carbons (Fsp3) is 0.316. The Morgan fingerprint density at radius 2 is 1.88 bits per heavy atom. The Balaban J connectivity index is 1.66. The predicted molar refractivity (Wildman–Crippen MR) is 94.4 cm³/mol. The lowest BCUT2D eigenvalue weighted by Crippen LogP contribution is -2.37. The van der Waals surface area contributed by atoms with E-state index in [4.69, 9.17) is 9.47 Å². The molecule has 0 radical (unpaired) electrons. The Hall–Kier alpha value is -2.76. The first-order chi connectivity index (χ1) is 12.1. The summed E-state index contributed by atoms with van der Waals surface area (Å²) >= 11 is 0. The molecule has 0 unspecified atom stereocenters. The third-order valence-corrected chi connectivity index (χ3v) is 3.62. The van der Waals surface area contributed by atoms with Crippen LogP contribution >= 0.6 is 0 Å². The maximum atomic E-state index is 13.4. The van der Waals surface area contributed by atoms with Gasteiger partial charge >= 0.3 is 6.03 Å². The molecule has 0 atom stereocenters. The van der Waals surface area contributed by atoms with Gasteiger partial charge in [0.05, 0.1) is 13.7 Å². The van der Waals surface area contributed by atoms with E-state index in [9.17, 15) is 9.18 Å². The molecule has 0 saturated carbocycles. The third kappa shape index (κ3) is 5.99. The smallest absolute Gasteiger partial charge is 0.317 e. The molecule has 2 rings (SSSR count). The quantitative estimate of drug-likeness (QED) is 0.745. The van der Waals surface area contributed by atoms with Crippen LogP contribution in [0.15, 0.2) is 48.5 Å². The normalized spacial score (nSPS) is 10.2. The van der Waals surface area contributed by atoms with Crippen molar-refractivity contribution in [3.8, 4) is 11.5 Å². The number of carbonyl (C=O) groups excluding carboxylic acids is 1. The van der Waals surface area contributed by atoms with Gasteiger partial charge in [-0.05, 0) is 36.2 Å². The minimum absolute atomic E-state index is 0.165. The molecular formula is C19H23FN2O3. The van der Waals surface area contributed by atoms with Crippen LogP contribution in [0, 0.1) is 5.82 Å². The summed E-state index contributed by atoms with van der Waals surface area (Å²) < 4.78 is 23.8. The Morgan fingerprint density at radius 3 is 2.56 bits per heavy atom. The van der Waals surface area contributed by atoms with Gasteiger partial charge in [0.25, 0.3) is 0 Å². The van der Waals surface area contributed by atoms with Crippen LogP contribution in [0.5, 0.6) is 11.5 Å². The molecule has 2 aromatic rings. The van der Waals surface area contributed by atoms with Crippen molar-refractivity contribution in [3.05, 3.63) is 59.9 Å². The molecule has 0 bridgehead atoms. The van der Waals surface area contributed by atoms with E-state index < -0.39 is 0 Å². The number of nitrogens with one attached hydrogen (secondary N) is 1. The number of benzene rings is 2. The van der Waals surface area contributed by atoms with Gasteiger partial charge < -0.3 is 19.7 Å². The van der Waals surface area contributed by atoms with Crippen molar-refractivity contribution in [1.29, 1.82) is 0 Å². The van der Waals surface area contributed by atoms with Crippen LogP contribution < -0.4 is 14.8 Å². The first-order valence-corrected chi connectivity index (χ1v) is 8.09. The monoisotopic (exact) mass is 346 g/mol. The van der Waals surface area contributed by atoms with Gasteiger partial charge in [-0.15, -0.1) is 0 Å². The highest BCUT2D eigenvalue weighted by molar-refractivity contribution is 5.73. The third-order valence-electron chi connectivity index (χ3n) is 3.62. The van der Waals surface area contributed by atoms with Gasteiger partial charge in [-0.25, -0.2) is 9.18 Å². The first kappa shape index (κ1) is 18.6. The number of para-hydroxylation sites is 1. The number of hydrogen-bond donors (Lipinski definition) is 1. The highest BCUT2D eigenvalue weighted by Gasteiger charge is 2.08. The standard InChI is InChI=1S/C19H23FN2O3/c1-22(14-15-8-10-16(24-2)11-9-15)19(23)21-12-5-13-25-18-7-4-3-6-17(18)20/h3-4,6-11H,5,12-14H2,1-2H3,(H,21,23). The zero-order chi connectivity index (χ0) is 18.1. The van der Waals surface area contributed by atoms with Gasteiger partial charge in [0.1, 0.15) is 5.75 Å². The van der Waals surface area contributed by atoms with Crippen molar-refractivity contribution < 1.29 is 18.7 Å². The van der Waals surface area contributed by atoms with E-state index in [2.05, 4.69) is 5.32 Å². The number of hydrogen-bond acceptors (Lipinski definition) is 3. The van der Waals surface area contributed by atoms with Crippen LogP contribution in [0.1, 0.15) is 12.0 Å². The number of rotatable bonds is 8. The minimum atomic E-state index is -0.384. The molecule has 5 nitrogen and oxygen atoms in total. The van der Waals surface area contributed by atoms with Gasteiger partial charge in [0, 0.05) is 20.1 Å². The van der Waals surface area contributed by atoms with E-state index in [0.29, 0.717) is 26.1 Å². The first-order valence-electron chi connectivity index (χ1n) is 8.09. The van der Waals surface area contributed by atoms with E-state index in [1.54, 1.807) is 37.3 Å². The molecule has 134 valence electrons. The summed E-state index contributed by atoms with van der Waals surface area (Å²) in [6.45, 7) is 1.30. The summed E-state index contributed by atoms with van der Waals surface area (Å²) in [7, 11) is 3.35. The fourth-order valence-corrected chi connectivity index (χ4v) is 2.22. The molecule has 0 fully saturated rings. The van der Waals surface area contributed by atoms with E-state index in [1.807, 2.05) is 24.3 Å². The summed E-state index contributed by atoms with van der Waals surface area (Å²) in [5.74, 6) is 0.627. The number of carbonyl (C=O) groups is 1. The zero-order valence-electron chi connectivity index (χ0n) is 14.5. The summed E-state index contributed by atoms with van der Waals surface area (Å²) in [4.78, 5) is 13.6. The number of halogens is 1.